The molecule has 1 aliphatic rings. The van der Waals surface area contributed by atoms with E-state index in [4.69, 9.17) is 11.6 Å². The topological polar surface area (TPSA) is 47.3 Å². The number of likely N-dealkylation sites (N-methyl/N-ethyl adjacent to an activating group) is 1. The first-order valence-electron chi connectivity index (χ1n) is 6.94. The number of nitrogens with zero attached hydrogens (tertiary/aromatic N) is 2. The molecule has 1 aromatic rings. The first-order chi connectivity index (χ1) is 9.39. The third-order valence-electron chi connectivity index (χ3n) is 4.26. The fourth-order valence-corrected chi connectivity index (χ4v) is 3.25. The molecule has 1 fully saturated rings. The lowest BCUT2D eigenvalue weighted by atomic mass is 9.66. The van der Waals surface area contributed by atoms with Crippen LogP contribution in [0.25, 0.3) is 0 Å². The van der Waals surface area contributed by atoms with Crippen molar-refractivity contribution >= 4 is 11.6 Å². The Morgan fingerprint density at radius 3 is 2.20 bits per heavy atom. The average Bonchev–Trinajstić information content (AvgIpc) is 2.40. The number of hydrogen-bond acceptors (Lipinski definition) is 3. The summed E-state index contributed by atoms with van der Waals surface area (Å²) in [7, 11) is 3.92. The van der Waals surface area contributed by atoms with Gasteiger partial charge in [0.25, 0.3) is 0 Å². The van der Waals surface area contributed by atoms with Crippen LogP contribution in [0.5, 0.6) is 0 Å². The van der Waals surface area contributed by atoms with E-state index in [-0.39, 0.29) is 0 Å². The van der Waals surface area contributed by atoms with Crippen molar-refractivity contribution in [2.24, 2.45) is 0 Å². The van der Waals surface area contributed by atoms with Crippen molar-refractivity contribution in [1.29, 1.82) is 5.26 Å². The minimum atomic E-state index is -0.670. The van der Waals surface area contributed by atoms with Gasteiger partial charge in [0.15, 0.2) is 0 Å². The average molecular weight is 293 g/mol. The molecule has 0 atom stereocenters. The molecule has 0 bridgehead atoms. The molecule has 0 saturated heterocycles. The van der Waals surface area contributed by atoms with E-state index in [1.54, 1.807) is 0 Å². The zero-order chi connectivity index (χ0) is 14.8. The lowest BCUT2D eigenvalue weighted by Crippen LogP contribution is -2.46. The fraction of sp³-hybridized carbons (Fsp3) is 0.562. The van der Waals surface area contributed by atoms with E-state index in [1.807, 2.05) is 43.3 Å². The second-order valence-electron chi connectivity index (χ2n) is 6.16. The van der Waals surface area contributed by atoms with Gasteiger partial charge in [-0.05, 0) is 57.5 Å². The van der Waals surface area contributed by atoms with Crippen molar-refractivity contribution in [2.75, 3.05) is 20.6 Å². The van der Waals surface area contributed by atoms with Gasteiger partial charge in [0, 0.05) is 11.6 Å². The van der Waals surface area contributed by atoms with Crippen LogP contribution in [-0.2, 0) is 5.41 Å². The molecular weight excluding hydrogens is 272 g/mol. The Bertz CT molecular complexity index is 496. The number of rotatable bonds is 3. The van der Waals surface area contributed by atoms with Crippen molar-refractivity contribution in [3.63, 3.8) is 0 Å². The molecule has 0 aromatic heterocycles. The summed E-state index contributed by atoms with van der Waals surface area (Å²) >= 11 is 5.91. The van der Waals surface area contributed by atoms with E-state index in [2.05, 4.69) is 6.07 Å². The Balaban J connectivity index is 2.17. The molecule has 2 rings (SSSR count). The summed E-state index contributed by atoms with van der Waals surface area (Å²) in [5.74, 6) is 0. The molecule has 4 heteroatoms. The zero-order valence-electron chi connectivity index (χ0n) is 12.1. The Labute approximate surface area is 125 Å². The highest BCUT2D eigenvalue weighted by Crippen LogP contribution is 2.43. The summed E-state index contributed by atoms with van der Waals surface area (Å²) in [6, 6.07) is 10.0. The van der Waals surface area contributed by atoms with E-state index in [1.165, 1.54) is 0 Å². The second kappa shape index (κ2) is 5.73. The van der Waals surface area contributed by atoms with Crippen LogP contribution in [0.15, 0.2) is 24.3 Å². The highest BCUT2D eigenvalue weighted by Gasteiger charge is 2.43. The van der Waals surface area contributed by atoms with Crippen molar-refractivity contribution in [2.45, 2.75) is 36.7 Å². The van der Waals surface area contributed by atoms with Crippen LogP contribution >= 0.6 is 11.6 Å². The van der Waals surface area contributed by atoms with Gasteiger partial charge < -0.3 is 10.0 Å². The molecule has 0 unspecified atom stereocenters. The summed E-state index contributed by atoms with van der Waals surface area (Å²) < 4.78 is 0. The van der Waals surface area contributed by atoms with Gasteiger partial charge in [0.05, 0.1) is 17.1 Å². The third kappa shape index (κ3) is 3.15. The van der Waals surface area contributed by atoms with E-state index in [9.17, 15) is 10.4 Å². The first kappa shape index (κ1) is 15.3. The second-order valence-corrected chi connectivity index (χ2v) is 6.60. The molecule has 0 aliphatic heterocycles. The van der Waals surface area contributed by atoms with Gasteiger partial charge in [-0.1, -0.05) is 23.7 Å². The Kier molecular flexibility index (Phi) is 4.39. The molecule has 0 radical (unpaired) electrons. The number of halogens is 1. The normalized spacial score (nSPS) is 30.2. The minimum absolute atomic E-state index is 0.483. The maximum atomic E-state index is 10.6. The van der Waals surface area contributed by atoms with Crippen LogP contribution < -0.4 is 0 Å². The lowest BCUT2D eigenvalue weighted by Gasteiger charge is -2.41. The quantitative estimate of drug-likeness (QED) is 0.932. The van der Waals surface area contributed by atoms with Crippen LogP contribution in [0, 0.1) is 11.3 Å². The molecule has 108 valence electrons. The lowest BCUT2D eigenvalue weighted by molar-refractivity contribution is -0.0272. The van der Waals surface area contributed by atoms with Gasteiger partial charge >= 0.3 is 0 Å². The number of aliphatic hydroxyl groups is 1. The number of nitriles is 1. The van der Waals surface area contributed by atoms with E-state index < -0.39 is 11.0 Å². The molecule has 1 aromatic carbocycles. The van der Waals surface area contributed by atoms with Crippen LogP contribution in [-0.4, -0.2) is 36.2 Å². The van der Waals surface area contributed by atoms with Gasteiger partial charge in [0.1, 0.15) is 0 Å². The molecule has 0 spiro atoms. The summed E-state index contributed by atoms with van der Waals surface area (Å²) in [6.45, 7) is 0.648. The Morgan fingerprint density at radius 2 is 1.75 bits per heavy atom. The highest BCUT2D eigenvalue weighted by molar-refractivity contribution is 6.30. The summed E-state index contributed by atoms with van der Waals surface area (Å²) in [4.78, 5) is 2.00. The molecule has 1 saturated carbocycles. The maximum absolute atomic E-state index is 10.6. The molecule has 0 amide bonds. The van der Waals surface area contributed by atoms with Crippen molar-refractivity contribution < 1.29 is 5.11 Å². The Hall–Kier alpha value is -1.08. The summed E-state index contributed by atoms with van der Waals surface area (Å²) in [6.07, 6.45) is 2.69. The monoisotopic (exact) mass is 292 g/mol. The van der Waals surface area contributed by atoms with Crippen LogP contribution in [0.3, 0.4) is 0 Å². The van der Waals surface area contributed by atoms with Gasteiger partial charge in [-0.25, -0.2) is 0 Å². The first-order valence-corrected chi connectivity index (χ1v) is 7.31. The molecule has 3 nitrogen and oxygen atoms in total. The molecule has 0 heterocycles. The van der Waals surface area contributed by atoms with Crippen LogP contribution in [0.2, 0.25) is 5.02 Å². The number of hydrogen-bond donors (Lipinski definition) is 1. The predicted molar refractivity (Wildman–Crippen MR) is 80.7 cm³/mol. The minimum Gasteiger partial charge on any atom is -0.389 e. The zero-order valence-corrected chi connectivity index (χ0v) is 12.8. The van der Waals surface area contributed by atoms with Crippen molar-refractivity contribution in [1.82, 2.24) is 4.90 Å². The molecule has 1 aliphatic carbocycles. The van der Waals surface area contributed by atoms with Gasteiger partial charge in [-0.2, -0.15) is 5.26 Å². The van der Waals surface area contributed by atoms with Gasteiger partial charge in [-0.3, -0.25) is 0 Å². The van der Waals surface area contributed by atoms with Crippen molar-refractivity contribution in [3.8, 4) is 6.07 Å². The molecule has 1 N–H and O–H groups in total. The van der Waals surface area contributed by atoms with Crippen LogP contribution in [0.1, 0.15) is 31.2 Å². The van der Waals surface area contributed by atoms with Crippen molar-refractivity contribution in [3.05, 3.63) is 34.9 Å². The highest BCUT2D eigenvalue weighted by atomic mass is 35.5. The SMILES string of the molecule is CN(C)CC1(O)CCC(C#N)(c2ccc(Cl)cc2)CC1. The fourth-order valence-electron chi connectivity index (χ4n) is 3.12. The third-order valence-corrected chi connectivity index (χ3v) is 4.51. The Morgan fingerprint density at radius 1 is 1.20 bits per heavy atom. The van der Waals surface area contributed by atoms with E-state index in [0.29, 0.717) is 37.3 Å². The van der Waals surface area contributed by atoms with Crippen LogP contribution in [0.4, 0.5) is 0 Å². The maximum Gasteiger partial charge on any atom is 0.0824 e. The predicted octanol–water partition coefficient (Wildman–Crippen LogP) is 2.97. The van der Waals surface area contributed by atoms with Gasteiger partial charge in [-0.15, -0.1) is 0 Å². The standard InChI is InChI=1S/C16H21ClN2O/c1-19(2)12-16(20)9-7-15(11-18,8-10-16)13-3-5-14(17)6-4-13/h3-6,20H,7-10,12H2,1-2H3. The molecular formula is C16H21ClN2O. The summed E-state index contributed by atoms with van der Waals surface area (Å²) in [5, 5.41) is 20.9. The van der Waals surface area contributed by atoms with Gasteiger partial charge in [0.2, 0.25) is 0 Å². The summed E-state index contributed by atoms with van der Waals surface area (Å²) in [5.41, 5.74) is -0.143. The van der Waals surface area contributed by atoms with E-state index >= 15 is 0 Å². The van der Waals surface area contributed by atoms with E-state index in [0.717, 1.165) is 5.56 Å². The number of benzene rings is 1. The molecule has 20 heavy (non-hydrogen) atoms. The largest absolute Gasteiger partial charge is 0.389 e. The smallest absolute Gasteiger partial charge is 0.0824 e.